The molecule has 2 aromatic rings. The van der Waals surface area contributed by atoms with Crippen molar-refractivity contribution in [2.24, 2.45) is 4.99 Å². The van der Waals surface area contributed by atoms with Gasteiger partial charge in [-0.15, -0.1) is 0 Å². The molecular formula is C23H29N3O. The molecule has 0 saturated heterocycles. The highest BCUT2D eigenvalue weighted by molar-refractivity contribution is 6.11. The Labute approximate surface area is 161 Å². The third-order valence-corrected chi connectivity index (χ3v) is 5.64. The van der Waals surface area contributed by atoms with Crippen molar-refractivity contribution in [3.8, 4) is 0 Å². The molecule has 0 aromatic carbocycles. The van der Waals surface area contributed by atoms with Gasteiger partial charge in [-0.3, -0.25) is 0 Å². The van der Waals surface area contributed by atoms with Crippen LogP contribution in [-0.4, -0.2) is 22.8 Å². The summed E-state index contributed by atoms with van der Waals surface area (Å²) >= 11 is 0. The lowest BCUT2D eigenvalue weighted by Gasteiger charge is -2.09. The van der Waals surface area contributed by atoms with Gasteiger partial charge < -0.3 is 14.7 Å². The summed E-state index contributed by atoms with van der Waals surface area (Å²) in [6, 6.07) is 8.66. The molecule has 1 unspecified atom stereocenters. The third kappa shape index (κ3) is 4.10. The highest BCUT2D eigenvalue weighted by Crippen LogP contribution is 2.27. The van der Waals surface area contributed by atoms with Crippen molar-refractivity contribution in [2.45, 2.75) is 57.8 Å². The zero-order valence-electron chi connectivity index (χ0n) is 16.3. The quantitative estimate of drug-likeness (QED) is 0.669. The van der Waals surface area contributed by atoms with Crippen LogP contribution in [0.4, 0.5) is 0 Å². The summed E-state index contributed by atoms with van der Waals surface area (Å²) in [6.45, 7) is 2.31. The Balaban J connectivity index is 1.66. The first-order chi connectivity index (χ1) is 13.2. The van der Waals surface area contributed by atoms with Gasteiger partial charge in [0.15, 0.2) is 0 Å². The number of methoxy groups -OCH3 is 1. The van der Waals surface area contributed by atoms with Gasteiger partial charge >= 0.3 is 0 Å². The van der Waals surface area contributed by atoms with E-state index >= 15 is 0 Å². The molecule has 2 N–H and O–H groups in total. The molecule has 142 valence electrons. The number of rotatable bonds is 1. The van der Waals surface area contributed by atoms with Crippen LogP contribution in [0, 0.1) is 0 Å². The van der Waals surface area contributed by atoms with E-state index in [4.69, 9.17) is 9.73 Å². The molecule has 1 atom stereocenters. The maximum atomic E-state index is 5.57. The summed E-state index contributed by atoms with van der Waals surface area (Å²) < 4.78 is 5.57. The van der Waals surface area contributed by atoms with Crippen LogP contribution in [0.5, 0.6) is 0 Å². The van der Waals surface area contributed by atoms with E-state index in [0.717, 1.165) is 35.0 Å². The number of hydrogen-bond donors (Lipinski definition) is 2. The molecule has 0 amide bonds. The number of ether oxygens (including phenoxy) is 1. The molecule has 4 heterocycles. The normalized spacial score (nSPS) is 22.9. The van der Waals surface area contributed by atoms with Crippen molar-refractivity contribution in [2.75, 3.05) is 7.11 Å². The summed E-state index contributed by atoms with van der Waals surface area (Å²) in [5, 5.41) is 0. The maximum absolute atomic E-state index is 5.57. The number of fused-ring (bicyclic) bond motifs is 6. The van der Waals surface area contributed by atoms with Crippen molar-refractivity contribution in [1.29, 1.82) is 0 Å². The lowest BCUT2D eigenvalue weighted by atomic mass is 9.99. The Bertz CT molecular complexity index is 881. The first-order valence-electron chi connectivity index (χ1n) is 10.2. The number of allylic oxidation sites excluding steroid dienone is 1. The van der Waals surface area contributed by atoms with E-state index in [0.29, 0.717) is 5.92 Å². The van der Waals surface area contributed by atoms with Crippen molar-refractivity contribution in [1.82, 2.24) is 9.97 Å². The van der Waals surface area contributed by atoms with Crippen LogP contribution in [0.2, 0.25) is 0 Å². The van der Waals surface area contributed by atoms with Crippen LogP contribution in [0.1, 0.15) is 74.1 Å². The van der Waals surface area contributed by atoms with Crippen LogP contribution >= 0.6 is 0 Å². The van der Waals surface area contributed by atoms with Crippen molar-refractivity contribution >= 4 is 11.8 Å². The third-order valence-electron chi connectivity index (χ3n) is 5.64. The average molecular weight is 364 g/mol. The van der Waals surface area contributed by atoms with Gasteiger partial charge in [-0.25, -0.2) is 4.99 Å². The van der Waals surface area contributed by atoms with Gasteiger partial charge in [-0.05, 0) is 55.5 Å². The van der Waals surface area contributed by atoms with E-state index in [1.54, 1.807) is 7.11 Å². The largest absolute Gasteiger partial charge is 0.494 e. The van der Waals surface area contributed by atoms with Crippen molar-refractivity contribution in [3.63, 3.8) is 0 Å². The van der Waals surface area contributed by atoms with Gasteiger partial charge in [-0.1, -0.05) is 32.6 Å². The van der Waals surface area contributed by atoms with Gasteiger partial charge in [0.05, 0.1) is 18.5 Å². The highest BCUT2D eigenvalue weighted by Gasteiger charge is 2.19. The van der Waals surface area contributed by atoms with Gasteiger partial charge in [0.2, 0.25) is 0 Å². The predicted molar refractivity (Wildman–Crippen MR) is 111 cm³/mol. The monoisotopic (exact) mass is 363 g/mol. The summed E-state index contributed by atoms with van der Waals surface area (Å²) in [4.78, 5) is 11.9. The second-order valence-electron chi connectivity index (χ2n) is 7.71. The Morgan fingerprint density at radius 3 is 2.70 bits per heavy atom. The molecule has 4 rings (SSSR count). The molecule has 0 spiro atoms. The van der Waals surface area contributed by atoms with E-state index in [1.165, 1.54) is 49.9 Å². The van der Waals surface area contributed by atoms with E-state index in [-0.39, 0.29) is 0 Å². The molecule has 2 aromatic heterocycles. The molecule has 6 bridgehead atoms. The van der Waals surface area contributed by atoms with Crippen LogP contribution in [0.3, 0.4) is 0 Å². The van der Waals surface area contributed by atoms with Gasteiger partial charge in [0, 0.05) is 23.2 Å². The van der Waals surface area contributed by atoms with Gasteiger partial charge in [0.25, 0.3) is 0 Å². The van der Waals surface area contributed by atoms with E-state index < -0.39 is 0 Å². The number of aryl methyl sites for hydroxylation is 1. The Kier molecular flexibility index (Phi) is 5.33. The number of nitrogens with zero attached hydrogens (tertiary/aromatic N) is 1. The smallest absolute Gasteiger partial charge is 0.146 e. The van der Waals surface area contributed by atoms with E-state index in [9.17, 15) is 0 Å². The molecule has 2 aliphatic heterocycles. The standard InChI is InChI=1S/C23H29N3O/c1-16-8-6-4-3-5-7-9-17-10-11-18(24-17)14-22-23(27-2)15-21(26-22)20-13-12-19(16)25-20/h10-16,24-25H,3-9H2,1-2H3/b22-14+. The number of nitrogens with one attached hydrogen (secondary N) is 2. The SMILES string of the molecule is COC1=CC2=N/C1=C/c1ccc([nH]1)CCCCCCCC(C)c1ccc2[nH]1. The lowest BCUT2D eigenvalue weighted by molar-refractivity contribution is 0.303. The fourth-order valence-corrected chi connectivity index (χ4v) is 3.96. The minimum atomic E-state index is 0.552. The minimum Gasteiger partial charge on any atom is -0.494 e. The van der Waals surface area contributed by atoms with Crippen LogP contribution in [-0.2, 0) is 11.2 Å². The molecule has 27 heavy (non-hydrogen) atoms. The summed E-state index contributed by atoms with van der Waals surface area (Å²) in [5.41, 5.74) is 6.54. The van der Waals surface area contributed by atoms with Crippen molar-refractivity contribution < 1.29 is 4.74 Å². The van der Waals surface area contributed by atoms with E-state index in [1.807, 2.05) is 6.08 Å². The summed E-state index contributed by atoms with van der Waals surface area (Å²) in [5.74, 6) is 1.36. The number of H-pyrrole nitrogens is 2. The molecule has 4 nitrogen and oxygen atoms in total. The van der Waals surface area contributed by atoms with E-state index in [2.05, 4.69) is 47.2 Å². The summed E-state index contributed by atoms with van der Waals surface area (Å²) in [6.07, 6.45) is 12.9. The zero-order chi connectivity index (χ0) is 18.6. The average Bonchev–Trinajstić information content (AvgIpc) is 3.39. The number of hydrogen-bond acceptors (Lipinski definition) is 2. The Morgan fingerprint density at radius 1 is 0.963 bits per heavy atom. The molecule has 0 saturated carbocycles. The molecule has 0 aliphatic carbocycles. The van der Waals surface area contributed by atoms with Gasteiger partial charge in [-0.2, -0.15) is 0 Å². The zero-order valence-corrected chi connectivity index (χ0v) is 16.3. The summed E-state index contributed by atoms with van der Waals surface area (Å²) in [7, 11) is 1.70. The topological polar surface area (TPSA) is 53.2 Å². The highest BCUT2D eigenvalue weighted by atomic mass is 16.5. The lowest BCUT2D eigenvalue weighted by Crippen LogP contribution is -1.98. The Hall–Kier alpha value is -2.49. The molecular weight excluding hydrogens is 334 g/mol. The number of aromatic amines is 2. The first kappa shape index (κ1) is 17.9. The molecule has 4 heteroatoms. The first-order valence-corrected chi connectivity index (χ1v) is 10.2. The van der Waals surface area contributed by atoms with Crippen LogP contribution < -0.4 is 0 Å². The number of aliphatic imine (C=N–C) groups is 1. The van der Waals surface area contributed by atoms with Crippen LogP contribution in [0.15, 0.2) is 46.8 Å². The molecule has 0 fully saturated rings. The molecule has 2 aliphatic rings. The van der Waals surface area contributed by atoms with Crippen LogP contribution in [0.25, 0.3) is 6.08 Å². The Morgan fingerprint density at radius 2 is 1.81 bits per heavy atom. The fourth-order valence-electron chi connectivity index (χ4n) is 3.96. The minimum absolute atomic E-state index is 0.552. The van der Waals surface area contributed by atoms with Crippen molar-refractivity contribution in [3.05, 3.63) is 64.6 Å². The fraction of sp³-hybridized carbons (Fsp3) is 0.435. The predicted octanol–water partition coefficient (Wildman–Crippen LogP) is 5.72. The second kappa shape index (κ2) is 8.03. The maximum Gasteiger partial charge on any atom is 0.146 e. The van der Waals surface area contributed by atoms with Gasteiger partial charge in [0.1, 0.15) is 11.5 Å². The number of aromatic nitrogens is 2. The second-order valence-corrected chi connectivity index (χ2v) is 7.71. The molecule has 0 radical (unpaired) electrons.